The topological polar surface area (TPSA) is 68.0 Å². The van der Waals surface area contributed by atoms with Gasteiger partial charge >= 0.3 is 5.97 Å². The molecule has 1 heterocycles. The Bertz CT molecular complexity index is 379. The third-order valence-electron chi connectivity index (χ3n) is 2.24. The highest BCUT2D eigenvalue weighted by Crippen LogP contribution is 2.41. The molecule has 0 amide bonds. The second-order valence-electron chi connectivity index (χ2n) is 3.37. The summed E-state index contributed by atoms with van der Waals surface area (Å²) in [6.45, 7) is 4.11. The van der Waals surface area contributed by atoms with Crippen LogP contribution >= 0.6 is 0 Å². The fourth-order valence-corrected chi connectivity index (χ4v) is 1.49. The molecule has 1 aromatic heterocycles. The number of aromatic nitrogens is 3. The molecule has 74 valence electrons. The van der Waals surface area contributed by atoms with Gasteiger partial charge < -0.3 is 5.11 Å². The van der Waals surface area contributed by atoms with Crippen LogP contribution in [-0.4, -0.2) is 26.1 Å². The van der Waals surface area contributed by atoms with Gasteiger partial charge in [0.15, 0.2) is 5.69 Å². The third kappa shape index (κ3) is 1.41. The first-order valence-electron chi connectivity index (χ1n) is 4.51. The van der Waals surface area contributed by atoms with Gasteiger partial charge in [-0.25, -0.2) is 9.48 Å². The van der Waals surface area contributed by atoms with Crippen molar-refractivity contribution in [3.8, 4) is 0 Å². The molecule has 5 nitrogen and oxygen atoms in total. The standard InChI is InChI=1S/C9H11N3O2/c1-2-5-12-8(6-3-4-6)7(9(13)14)10-11-12/h2,6H,1,3-5H2,(H,13,14). The van der Waals surface area contributed by atoms with E-state index in [1.807, 2.05) is 0 Å². The summed E-state index contributed by atoms with van der Waals surface area (Å²) in [6.07, 6.45) is 3.75. The second-order valence-corrected chi connectivity index (χ2v) is 3.37. The van der Waals surface area contributed by atoms with Gasteiger partial charge in [-0.15, -0.1) is 11.7 Å². The Morgan fingerprint density at radius 2 is 2.43 bits per heavy atom. The number of nitrogens with zero attached hydrogens (tertiary/aromatic N) is 3. The van der Waals surface area contributed by atoms with Crippen molar-refractivity contribution in [3.63, 3.8) is 0 Å². The average molecular weight is 193 g/mol. The van der Waals surface area contributed by atoms with Gasteiger partial charge in [-0.05, 0) is 12.8 Å². The minimum atomic E-state index is -0.998. The van der Waals surface area contributed by atoms with Crippen molar-refractivity contribution < 1.29 is 9.90 Å². The van der Waals surface area contributed by atoms with Gasteiger partial charge in [0.2, 0.25) is 0 Å². The van der Waals surface area contributed by atoms with Crippen LogP contribution in [0.3, 0.4) is 0 Å². The lowest BCUT2D eigenvalue weighted by Gasteiger charge is -2.01. The van der Waals surface area contributed by atoms with Gasteiger partial charge in [0.25, 0.3) is 0 Å². The van der Waals surface area contributed by atoms with E-state index in [0.29, 0.717) is 12.5 Å². The zero-order valence-corrected chi connectivity index (χ0v) is 7.68. The van der Waals surface area contributed by atoms with Crippen molar-refractivity contribution in [2.75, 3.05) is 0 Å². The van der Waals surface area contributed by atoms with Crippen LogP contribution in [0.15, 0.2) is 12.7 Å². The number of hydrogen-bond donors (Lipinski definition) is 1. The molecular formula is C9H11N3O2. The van der Waals surface area contributed by atoms with Crippen LogP contribution < -0.4 is 0 Å². The van der Waals surface area contributed by atoms with Crippen LogP contribution in [-0.2, 0) is 6.54 Å². The Labute approximate surface area is 81.0 Å². The number of carboxylic acids is 1. The van der Waals surface area contributed by atoms with E-state index in [0.717, 1.165) is 18.5 Å². The van der Waals surface area contributed by atoms with Crippen molar-refractivity contribution in [1.82, 2.24) is 15.0 Å². The molecule has 1 aliphatic rings. The van der Waals surface area contributed by atoms with E-state index in [9.17, 15) is 4.79 Å². The molecule has 1 aliphatic carbocycles. The van der Waals surface area contributed by atoms with Gasteiger partial charge in [0.05, 0.1) is 12.2 Å². The van der Waals surface area contributed by atoms with Crippen molar-refractivity contribution >= 4 is 5.97 Å². The molecule has 0 aliphatic heterocycles. The normalized spacial score (nSPS) is 15.4. The van der Waals surface area contributed by atoms with Crippen molar-refractivity contribution in [2.45, 2.75) is 25.3 Å². The summed E-state index contributed by atoms with van der Waals surface area (Å²) in [7, 11) is 0. The smallest absolute Gasteiger partial charge is 0.358 e. The van der Waals surface area contributed by atoms with Gasteiger partial charge in [0.1, 0.15) is 0 Å². The van der Waals surface area contributed by atoms with Gasteiger partial charge in [-0.3, -0.25) is 0 Å². The van der Waals surface area contributed by atoms with Crippen molar-refractivity contribution in [3.05, 3.63) is 24.0 Å². The highest BCUT2D eigenvalue weighted by atomic mass is 16.4. The Morgan fingerprint density at radius 1 is 1.71 bits per heavy atom. The quantitative estimate of drug-likeness (QED) is 0.725. The molecule has 1 saturated carbocycles. The lowest BCUT2D eigenvalue weighted by Crippen LogP contribution is -2.06. The average Bonchev–Trinajstić information content (AvgIpc) is 2.88. The number of carbonyl (C=O) groups is 1. The van der Waals surface area contributed by atoms with Crippen LogP contribution in [0.5, 0.6) is 0 Å². The SMILES string of the molecule is C=CCn1nnc(C(=O)O)c1C1CC1. The summed E-state index contributed by atoms with van der Waals surface area (Å²) >= 11 is 0. The van der Waals surface area contributed by atoms with Crippen molar-refractivity contribution in [1.29, 1.82) is 0 Å². The Balaban J connectivity index is 2.40. The van der Waals surface area contributed by atoms with Crippen LogP contribution in [0.25, 0.3) is 0 Å². The number of rotatable bonds is 4. The lowest BCUT2D eigenvalue weighted by molar-refractivity contribution is 0.0689. The highest BCUT2D eigenvalue weighted by Gasteiger charge is 2.33. The summed E-state index contributed by atoms with van der Waals surface area (Å²) in [5, 5.41) is 16.3. The predicted molar refractivity (Wildman–Crippen MR) is 49.2 cm³/mol. The van der Waals surface area contributed by atoms with Crippen molar-refractivity contribution in [2.24, 2.45) is 0 Å². The highest BCUT2D eigenvalue weighted by molar-refractivity contribution is 5.86. The Hall–Kier alpha value is -1.65. The summed E-state index contributed by atoms with van der Waals surface area (Å²) in [5.74, 6) is -0.668. The Morgan fingerprint density at radius 3 is 2.93 bits per heavy atom. The number of carboxylic acid groups (broad SMARTS) is 1. The first kappa shape index (κ1) is 8.93. The fourth-order valence-electron chi connectivity index (χ4n) is 1.49. The van der Waals surface area contributed by atoms with E-state index in [4.69, 9.17) is 5.11 Å². The molecule has 0 atom stereocenters. The zero-order chi connectivity index (χ0) is 10.1. The fraction of sp³-hybridized carbons (Fsp3) is 0.444. The molecule has 1 aromatic rings. The second kappa shape index (κ2) is 3.25. The van der Waals surface area contributed by atoms with Crippen LogP contribution in [0.4, 0.5) is 0 Å². The van der Waals surface area contributed by atoms with Gasteiger partial charge in [-0.2, -0.15) is 0 Å². The molecular weight excluding hydrogens is 182 g/mol. The van der Waals surface area contributed by atoms with Gasteiger partial charge in [-0.1, -0.05) is 11.3 Å². The minimum Gasteiger partial charge on any atom is -0.476 e. The molecule has 0 aromatic carbocycles. The zero-order valence-electron chi connectivity index (χ0n) is 7.68. The minimum absolute atomic E-state index is 0.0920. The van der Waals surface area contributed by atoms with E-state index in [1.165, 1.54) is 0 Å². The van der Waals surface area contributed by atoms with E-state index in [1.54, 1.807) is 10.8 Å². The summed E-state index contributed by atoms with van der Waals surface area (Å²) < 4.78 is 1.62. The maximum Gasteiger partial charge on any atom is 0.358 e. The van der Waals surface area contributed by atoms with Crippen LogP contribution in [0.2, 0.25) is 0 Å². The van der Waals surface area contributed by atoms with Crippen LogP contribution in [0.1, 0.15) is 34.9 Å². The lowest BCUT2D eigenvalue weighted by atomic mass is 10.2. The van der Waals surface area contributed by atoms with Gasteiger partial charge in [0, 0.05) is 5.92 Å². The maximum absolute atomic E-state index is 10.8. The van der Waals surface area contributed by atoms with E-state index in [2.05, 4.69) is 16.9 Å². The number of hydrogen-bond acceptors (Lipinski definition) is 3. The number of aromatic carboxylic acids is 1. The molecule has 14 heavy (non-hydrogen) atoms. The van der Waals surface area contributed by atoms with E-state index in [-0.39, 0.29) is 5.69 Å². The first-order valence-corrected chi connectivity index (χ1v) is 4.51. The molecule has 0 bridgehead atoms. The maximum atomic E-state index is 10.8. The van der Waals surface area contributed by atoms with E-state index < -0.39 is 5.97 Å². The Kier molecular flexibility index (Phi) is 2.07. The molecule has 0 saturated heterocycles. The summed E-state index contributed by atoms with van der Waals surface area (Å²) in [5.41, 5.74) is 0.840. The van der Waals surface area contributed by atoms with Crippen LogP contribution in [0, 0.1) is 0 Å². The summed E-state index contributed by atoms with van der Waals surface area (Å²) in [4.78, 5) is 10.8. The molecule has 5 heteroatoms. The monoisotopic (exact) mass is 193 g/mol. The van der Waals surface area contributed by atoms with E-state index >= 15 is 0 Å². The molecule has 1 N–H and O–H groups in total. The summed E-state index contributed by atoms with van der Waals surface area (Å²) in [6, 6.07) is 0. The molecule has 0 radical (unpaired) electrons. The third-order valence-corrected chi connectivity index (χ3v) is 2.24. The molecule has 0 unspecified atom stereocenters. The number of allylic oxidation sites excluding steroid dienone is 1. The first-order chi connectivity index (χ1) is 6.74. The molecule has 1 fully saturated rings. The predicted octanol–water partition coefficient (Wildman–Crippen LogP) is 1.04. The largest absolute Gasteiger partial charge is 0.476 e. The molecule has 2 rings (SSSR count). The molecule has 0 spiro atoms.